The summed E-state index contributed by atoms with van der Waals surface area (Å²) >= 11 is 9.45. The molecule has 2 N–H and O–H groups in total. The third-order valence-corrected chi connectivity index (χ3v) is 7.49. The molecule has 1 unspecified atom stereocenters. The molecule has 1 atom stereocenters. The maximum Gasteiger partial charge on any atom is 0.416 e. The number of alkyl halides is 3. The quantitative estimate of drug-likeness (QED) is 0.379. The average molecular weight is 650 g/mol. The Bertz CT molecular complexity index is 1390. The highest BCUT2D eigenvalue weighted by Gasteiger charge is 2.40. The zero-order valence-electron chi connectivity index (χ0n) is 21.8. The van der Waals surface area contributed by atoms with Gasteiger partial charge < -0.3 is 25.0 Å². The number of hydrogen-bond donors (Lipinski definition) is 1. The van der Waals surface area contributed by atoms with Crippen molar-refractivity contribution in [3.8, 4) is 6.01 Å². The van der Waals surface area contributed by atoms with Crippen molar-refractivity contribution in [1.82, 2.24) is 14.9 Å². The molecule has 0 fully saturated rings. The minimum absolute atomic E-state index is 0.0154. The first-order valence-corrected chi connectivity index (χ1v) is 13.3. The number of hydrogen-bond acceptors (Lipinski definition) is 8. The first-order chi connectivity index (χ1) is 18.8. The van der Waals surface area contributed by atoms with Crippen LogP contribution in [0.1, 0.15) is 34.9 Å². The number of likely N-dealkylation sites (N-methyl/N-ethyl adjacent to an activating group) is 1. The first-order valence-electron chi connectivity index (χ1n) is 12.1. The molecule has 0 saturated heterocycles. The molecule has 2 aromatic rings. The van der Waals surface area contributed by atoms with E-state index in [0.717, 1.165) is 12.1 Å². The van der Waals surface area contributed by atoms with E-state index in [1.807, 2.05) is 4.90 Å². The van der Waals surface area contributed by atoms with Gasteiger partial charge in [0, 0.05) is 44.7 Å². The Balaban J connectivity index is 1.72. The minimum atomic E-state index is -4.79. The van der Waals surface area contributed by atoms with Crippen LogP contribution in [-0.4, -0.2) is 67.3 Å². The van der Waals surface area contributed by atoms with Crippen LogP contribution in [0.4, 0.5) is 23.4 Å². The van der Waals surface area contributed by atoms with Crippen LogP contribution in [0.5, 0.6) is 6.01 Å². The number of fused-ring (bicyclic) bond motifs is 1. The molecule has 9 nitrogen and oxygen atoms in total. The zero-order valence-corrected chi connectivity index (χ0v) is 24.1. The highest BCUT2D eigenvalue weighted by molar-refractivity contribution is 9.10. The van der Waals surface area contributed by atoms with E-state index in [-0.39, 0.29) is 40.8 Å². The summed E-state index contributed by atoms with van der Waals surface area (Å²) in [5.74, 6) is -1.12. The van der Waals surface area contributed by atoms with E-state index in [2.05, 4.69) is 30.9 Å². The van der Waals surface area contributed by atoms with Crippen LogP contribution >= 0.6 is 27.5 Å². The van der Waals surface area contributed by atoms with Crippen molar-refractivity contribution in [2.24, 2.45) is 10.7 Å². The molecule has 1 amide bonds. The lowest BCUT2D eigenvalue weighted by molar-refractivity contribution is -0.140. The maximum atomic E-state index is 15.0. The van der Waals surface area contributed by atoms with E-state index in [4.69, 9.17) is 26.8 Å². The molecular weight excluding hydrogens is 624 g/mol. The van der Waals surface area contributed by atoms with Gasteiger partial charge in [0.2, 0.25) is 0 Å². The number of nitrogens with zero attached hydrogens (tertiary/aromatic N) is 5. The van der Waals surface area contributed by atoms with Crippen molar-refractivity contribution in [3.05, 3.63) is 55.5 Å². The second kappa shape index (κ2) is 11.9. The molecule has 40 heavy (non-hydrogen) atoms. The standard InChI is InChI=1S/C25H26BrClF4N6O3/c1-36(2)23(38)21(32)19(27)16-10-37(8-4-7-33-16)22-12-11-40-17(9-15(12)34-24(35-22)39-3)18-13(25(29,30)31)5-6-14(26)20(18)28/h5-6,17H,4,7-11,32H2,1-3H3/b21-19+. The highest BCUT2D eigenvalue weighted by atomic mass is 79.9. The van der Waals surface area contributed by atoms with Gasteiger partial charge in [-0.1, -0.05) is 11.6 Å². The molecule has 0 bridgehead atoms. The molecular formula is C25H26BrClF4N6O3. The van der Waals surface area contributed by atoms with Gasteiger partial charge in [0.05, 0.1) is 52.8 Å². The van der Waals surface area contributed by atoms with Gasteiger partial charge in [-0.25, -0.2) is 4.39 Å². The van der Waals surface area contributed by atoms with Crippen LogP contribution in [-0.2, 0) is 28.7 Å². The third-order valence-electron chi connectivity index (χ3n) is 6.46. The number of nitrogens with two attached hydrogens (primary N) is 1. The molecule has 0 aliphatic carbocycles. The number of aromatic nitrogens is 2. The van der Waals surface area contributed by atoms with Crippen LogP contribution in [0.15, 0.2) is 32.3 Å². The summed E-state index contributed by atoms with van der Waals surface area (Å²) < 4.78 is 67.4. The van der Waals surface area contributed by atoms with Crippen molar-refractivity contribution in [3.63, 3.8) is 0 Å². The molecule has 0 saturated carbocycles. The molecule has 1 aromatic heterocycles. The topological polar surface area (TPSA) is 106 Å². The number of ether oxygens (including phenoxy) is 2. The number of rotatable bonds is 5. The number of carbonyl (C=O) groups excluding carboxylic acids is 1. The molecule has 2 aliphatic heterocycles. The second-order valence-electron chi connectivity index (χ2n) is 9.31. The summed E-state index contributed by atoms with van der Waals surface area (Å²) in [5.41, 5.74) is 5.36. The Hall–Kier alpha value is -2.97. The molecule has 1 aromatic carbocycles. The van der Waals surface area contributed by atoms with E-state index in [9.17, 15) is 18.0 Å². The largest absolute Gasteiger partial charge is 0.467 e. The van der Waals surface area contributed by atoms with Gasteiger partial charge in [-0.05, 0) is 34.5 Å². The van der Waals surface area contributed by atoms with Gasteiger partial charge in [0.25, 0.3) is 5.91 Å². The van der Waals surface area contributed by atoms with Crippen LogP contribution in [0.25, 0.3) is 0 Å². The fourth-order valence-electron chi connectivity index (χ4n) is 4.49. The van der Waals surface area contributed by atoms with Crippen molar-refractivity contribution < 1.29 is 31.8 Å². The SMILES string of the molecule is COc1nc2c(c(N3CCCN=C(/C(Cl)=C(\N)C(=O)N(C)C)C3)n1)COC(c1c(C(F)(F)F)ccc(Br)c1F)C2. The maximum absolute atomic E-state index is 15.0. The molecule has 216 valence electrons. The van der Waals surface area contributed by atoms with Gasteiger partial charge in [-0.15, -0.1) is 0 Å². The Labute approximate surface area is 241 Å². The normalized spacial score (nSPS) is 18.4. The zero-order chi connectivity index (χ0) is 29.4. The lowest BCUT2D eigenvalue weighted by atomic mass is 9.94. The first kappa shape index (κ1) is 30.0. The van der Waals surface area contributed by atoms with Gasteiger partial charge in [0.15, 0.2) is 0 Å². The summed E-state index contributed by atoms with van der Waals surface area (Å²) in [6, 6.07) is 1.81. The molecule has 2 aliphatic rings. The van der Waals surface area contributed by atoms with Crippen LogP contribution in [0.3, 0.4) is 0 Å². The Morgan fingerprint density at radius 3 is 2.67 bits per heavy atom. The lowest BCUT2D eigenvalue weighted by Crippen LogP contribution is -2.35. The highest BCUT2D eigenvalue weighted by Crippen LogP contribution is 2.43. The monoisotopic (exact) mass is 648 g/mol. The van der Waals surface area contributed by atoms with E-state index >= 15 is 4.39 Å². The average Bonchev–Trinajstić information content (AvgIpc) is 3.17. The predicted octanol–water partition coefficient (Wildman–Crippen LogP) is 4.37. The van der Waals surface area contributed by atoms with Gasteiger partial charge in [0.1, 0.15) is 17.3 Å². The van der Waals surface area contributed by atoms with E-state index in [0.29, 0.717) is 42.3 Å². The van der Waals surface area contributed by atoms with Crippen molar-refractivity contribution in [1.29, 1.82) is 0 Å². The van der Waals surface area contributed by atoms with Gasteiger partial charge in [-0.3, -0.25) is 9.79 Å². The van der Waals surface area contributed by atoms with Crippen LogP contribution in [0.2, 0.25) is 0 Å². The Kier molecular flexibility index (Phi) is 8.90. The molecule has 4 rings (SSSR count). The number of amides is 1. The molecule has 0 spiro atoms. The van der Waals surface area contributed by atoms with E-state index in [1.54, 1.807) is 14.1 Å². The van der Waals surface area contributed by atoms with Crippen LogP contribution in [0, 0.1) is 5.82 Å². The van der Waals surface area contributed by atoms with E-state index in [1.165, 1.54) is 12.0 Å². The summed E-state index contributed by atoms with van der Waals surface area (Å²) in [6.45, 7) is 0.842. The Morgan fingerprint density at radius 1 is 1.30 bits per heavy atom. The molecule has 0 radical (unpaired) electrons. The van der Waals surface area contributed by atoms with Crippen molar-refractivity contribution >= 4 is 45.0 Å². The Morgan fingerprint density at radius 2 is 2.02 bits per heavy atom. The van der Waals surface area contributed by atoms with Crippen LogP contribution < -0.4 is 15.4 Å². The molecule has 3 heterocycles. The summed E-state index contributed by atoms with van der Waals surface area (Å²) in [5, 5.41) is 0.0154. The van der Waals surface area contributed by atoms with Gasteiger partial charge in [-0.2, -0.15) is 23.1 Å². The summed E-state index contributed by atoms with van der Waals surface area (Å²) in [6.07, 6.45) is -5.60. The lowest BCUT2D eigenvalue weighted by Gasteiger charge is -2.31. The number of benzene rings is 1. The van der Waals surface area contributed by atoms with E-state index < -0.39 is 35.1 Å². The summed E-state index contributed by atoms with van der Waals surface area (Å²) in [7, 11) is 4.45. The number of aliphatic imine (C=N–C) groups is 1. The smallest absolute Gasteiger partial charge is 0.416 e. The number of methoxy groups -OCH3 is 1. The number of carbonyl (C=O) groups is 1. The van der Waals surface area contributed by atoms with Crippen molar-refractivity contribution in [2.75, 3.05) is 45.7 Å². The summed E-state index contributed by atoms with van der Waals surface area (Å²) in [4.78, 5) is 28.8. The van der Waals surface area contributed by atoms with Crippen molar-refractivity contribution in [2.45, 2.75) is 31.7 Å². The third kappa shape index (κ3) is 6.03. The van der Waals surface area contributed by atoms with Gasteiger partial charge >= 0.3 is 12.2 Å². The fourth-order valence-corrected chi connectivity index (χ4v) is 5.04. The second-order valence-corrected chi connectivity index (χ2v) is 10.5. The number of anilines is 1. The fraction of sp³-hybridized carbons (Fsp3) is 0.440. The minimum Gasteiger partial charge on any atom is -0.467 e. The number of halogens is 6. The predicted molar refractivity (Wildman–Crippen MR) is 144 cm³/mol. The molecule has 15 heteroatoms.